The third-order valence-corrected chi connectivity index (χ3v) is 3.41. The van der Waals surface area contributed by atoms with Crippen LogP contribution in [0.15, 0.2) is 17.3 Å². The topological polar surface area (TPSA) is 81.8 Å². The zero-order chi connectivity index (χ0) is 11.1. The van der Waals surface area contributed by atoms with E-state index < -0.39 is 27.3 Å². The maximum absolute atomic E-state index is 13.2. The Morgan fingerprint density at radius 3 is 2.73 bits per heavy atom. The predicted molar refractivity (Wildman–Crippen MR) is 52.5 cm³/mol. The van der Waals surface area contributed by atoms with Crippen LogP contribution in [0.5, 0.6) is 0 Å². The van der Waals surface area contributed by atoms with E-state index in [9.17, 15) is 12.8 Å². The lowest BCUT2D eigenvalue weighted by molar-refractivity contribution is 0.0752. The number of nitrogens with zero attached hydrogens (tertiary/aromatic N) is 1. The fourth-order valence-electron chi connectivity index (χ4n) is 1.37. The average Bonchev–Trinajstić information content (AvgIpc) is 2.85. The van der Waals surface area contributed by atoms with Gasteiger partial charge in [0.15, 0.2) is 5.25 Å². The first-order valence-electron chi connectivity index (χ1n) is 4.55. The van der Waals surface area contributed by atoms with Crippen LogP contribution in [0, 0.1) is 0 Å². The normalized spacial score (nSPS) is 31.5. The molecule has 1 aliphatic heterocycles. The third-order valence-electron chi connectivity index (χ3n) is 2.23. The quantitative estimate of drug-likeness (QED) is 0.751. The van der Waals surface area contributed by atoms with Gasteiger partial charge in [-0.25, -0.2) is 18.5 Å². The average molecular weight is 234 g/mol. The van der Waals surface area contributed by atoms with Crippen LogP contribution in [0.25, 0.3) is 0 Å². The smallest absolute Gasteiger partial charge is 0.223 e. The van der Waals surface area contributed by atoms with Gasteiger partial charge >= 0.3 is 0 Å². The molecule has 2 aliphatic rings. The molecule has 0 aromatic rings. The fourth-order valence-corrected chi connectivity index (χ4v) is 2.24. The van der Waals surface area contributed by atoms with E-state index in [2.05, 4.69) is 4.99 Å². The Labute approximate surface area is 86.9 Å². The molecule has 15 heavy (non-hydrogen) atoms. The van der Waals surface area contributed by atoms with Crippen molar-refractivity contribution in [3.8, 4) is 0 Å². The van der Waals surface area contributed by atoms with Crippen LogP contribution in [0.4, 0.5) is 4.39 Å². The molecule has 2 unspecified atom stereocenters. The third kappa shape index (κ3) is 2.42. The van der Waals surface area contributed by atoms with E-state index in [1.54, 1.807) is 0 Å². The van der Waals surface area contributed by atoms with Gasteiger partial charge in [0.25, 0.3) is 0 Å². The first-order chi connectivity index (χ1) is 6.98. The number of halogens is 1. The molecule has 1 heterocycles. The number of ether oxygens (including phenoxy) is 1. The monoisotopic (exact) mass is 234 g/mol. The van der Waals surface area contributed by atoms with Gasteiger partial charge in [-0.3, -0.25) is 0 Å². The molecule has 7 heteroatoms. The summed E-state index contributed by atoms with van der Waals surface area (Å²) in [6.07, 6.45) is 3.53. The number of rotatable bonds is 3. The molecule has 1 aliphatic carbocycles. The van der Waals surface area contributed by atoms with Crippen LogP contribution in [0.3, 0.4) is 0 Å². The second-order valence-corrected chi connectivity index (χ2v) is 5.29. The van der Waals surface area contributed by atoms with Crippen molar-refractivity contribution in [2.75, 3.05) is 0 Å². The van der Waals surface area contributed by atoms with Gasteiger partial charge < -0.3 is 4.74 Å². The zero-order valence-electron chi connectivity index (χ0n) is 7.84. The van der Waals surface area contributed by atoms with Crippen molar-refractivity contribution in [3.05, 3.63) is 12.3 Å². The van der Waals surface area contributed by atoms with E-state index >= 15 is 0 Å². The lowest BCUT2D eigenvalue weighted by Gasteiger charge is -2.22. The minimum Gasteiger partial charge on any atom is -0.369 e. The van der Waals surface area contributed by atoms with E-state index in [-0.39, 0.29) is 6.10 Å². The standard InChI is InChI=1S/C8H11FN2O3S/c9-8-7(15(10,12)13)6(3-4-11-8)14-5-1-2-5/h3-7H,1-2H2,(H2,10,12,13). The Morgan fingerprint density at radius 2 is 2.20 bits per heavy atom. The van der Waals surface area contributed by atoms with Crippen molar-refractivity contribution in [1.82, 2.24) is 0 Å². The lowest BCUT2D eigenvalue weighted by Crippen LogP contribution is -2.45. The molecule has 0 aromatic heterocycles. The highest BCUT2D eigenvalue weighted by atomic mass is 32.2. The molecule has 2 atom stereocenters. The highest BCUT2D eigenvalue weighted by Gasteiger charge is 2.40. The molecule has 0 radical (unpaired) electrons. The first-order valence-corrected chi connectivity index (χ1v) is 6.16. The minimum atomic E-state index is -4.02. The van der Waals surface area contributed by atoms with Crippen molar-refractivity contribution in [2.24, 2.45) is 10.1 Å². The maximum Gasteiger partial charge on any atom is 0.223 e. The van der Waals surface area contributed by atoms with Gasteiger partial charge in [0.05, 0.1) is 6.10 Å². The molecule has 2 rings (SSSR count). The van der Waals surface area contributed by atoms with Crippen LogP contribution in [-0.4, -0.2) is 31.8 Å². The SMILES string of the molecule is NS(=O)(=O)C1C(F)=NC=CC1OC1CC1. The Kier molecular flexibility index (Phi) is 2.61. The summed E-state index contributed by atoms with van der Waals surface area (Å²) in [5.41, 5.74) is 0. The maximum atomic E-state index is 13.2. The van der Waals surface area contributed by atoms with E-state index in [1.807, 2.05) is 0 Å². The van der Waals surface area contributed by atoms with E-state index in [0.29, 0.717) is 0 Å². The van der Waals surface area contributed by atoms with Gasteiger partial charge in [0, 0.05) is 6.20 Å². The van der Waals surface area contributed by atoms with Gasteiger partial charge in [0.1, 0.15) is 6.10 Å². The van der Waals surface area contributed by atoms with Gasteiger partial charge in [-0.15, -0.1) is 0 Å². The molecule has 1 saturated carbocycles. The van der Waals surface area contributed by atoms with Crippen LogP contribution in [0.2, 0.25) is 0 Å². The zero-order valence-corrected chi connectivity index (χ0v) is 8.65. The molecule has 2 N–H and O–H groups in total. The van der Waals surface area contributed by atoms with Gasteiger partial charge in [-0.1, -0.05) is 0 Å². The molecule has 5 nitrogen and oxygen atoms in total. The molecule has 0 saturated heterocycles. The summed E-state index contributed by atoms with van der Waals surface area (Å²) in [5.74, 6) is -1.01. The molecule has 84 valence electrons. The molecular weight excluding hydrogens is 223 g/mol. The van der Waals surface area contributed by atoms with Crippen LogP contribution < -0.4 is 5.14 Å². The highest BCUT2D eigenvalue weighted by molar-refractivity contribution is 7.90. The summed E-state index contributed by atoms with van der Waals surface area (Å²) in [4.78, 5) is 3.29. The van der Waals surface area contributed by atoms with Crippen LogP contribution in [0.1, 0.15) is 12.8 Å². The summed E-state index contributed by atoms with van der Waals surface area (Å²) >= 11 is 0. The Hall–Kier alpha value is -0.790. The second-order valence-electron chi connectivity index (χ2n) is 3.60. The first kappa shape index (κ1) is 10.7. The Morgan fingerprint density at radius 1 is 1.53 bits per heavy atom. The number of primary sulfonamides is 1. The summed E-state index contributed by atoms with van der Waals surface area (Å²) in [6, 6.07) is 0. The molecule has 0 aromatic carbocycles. The van der Waals surface area contributed by atoms with E-state index in [0.717, 1.165) is 12.8 Å². The van der Waals surface area contributed by atoms with Crippen molar-refractivity contribution < 1.29 is 17.5 Å². The van der Waals surface area contributed by atoms with Gasteiger partial charge in [-0.2, -0.15) is 4.39 Å². The number of hydrogen-bond acceptors (Lipinski definition) is 4. The summed E-state index contributed by atoms with van der Waals surface area (Å²) < 4.78 is 40.9. The largest absolute Gasteiger partial charge is 0.369 e. The van der Waals surface area contributed by atoms with Crippen molar-refractivity contribution in [3.63, 3.8) is 0 Å². The van der Waals surface area contributed by atoms with Crippen molar-refractivity contribution in [2.45, 2.75) is 30.3 Å². The van der Waals surface area contributed by atoms with Gasteiger partial charge in [-0.05, 0) is 18.9 Å². The van der Waals surface area contributed by atoms with Crippen molar-refractivity contribution >= 4 is 16.0 Å². The highest BCUT2D eigenvalue weighted by Crippen LogP contribution is 2.28. The number of sulfonamides is 1. The number of aliphatic imine (C=N–C) groups is 1. The van der Waals surface area contributed by atoms with Gasteiger partial charge in [0.2, 0.25) is 16.0 Å². The molecule has 0 spiro atoms. The van der Waals surface area contributed by atoms with E-state index in [4.69, 9.17) is 9.88 Å². The Bertz CT molecular complexity index is 414. The second kappa shape index (κ2) is 3.66. The number of hydrogen-bond donors (Lipinski definition) is 1. The molecule has 0 bridgehead atoms. The predicted octanol–water partition coefficient (Wildman–Crippen LogP) is 0.0864. The lowest BCUT2D eigenvalue weighted by atomic mass is 10.2. The summed E-state index contributed by atoms with van der Waals surface area (Å²) in [7, 11) is -4.02. The van der Waals surface area contributed by atoms with E-state index in [1.165, 1.54) is 12.3 Å². The summed E-state index contributed by atoms with van der Waals surface area (Å²) in [6.45, 7) is 0. The molecule has 1 fully saturated rings. The Balaban J connectivity index is 2.21. The number of nitrogens with two attached hydrogens (primary N) is 1. The molecule has 0 amide bonds. The summed E-state index contributed by atoms with van der Waals surface area (Å²) in [5, 5.41) is 3.43. The fraction of sp³-hybridized carbons (Fsp3) is 0.625. The van der Waals surface area contributed by atoms with Crippen molar-refractivity contribution in [1.29, 1.82) is 0 Å². The molecular formula is C8H11FN2O3S. The van der Waals surface area contributed by atoms with Crippen LogP contribution >= 0.6 is 0 Å². The minimum absolute atomic E-state index is 0.0230. The van der Waals surface area contributed by atoms with Crippen LogP contribution in [-0.2, 0) is 14.8 Å².